The van der Waals surface area contributed by atoms with Crippen molar-refractivity contribution in [3.63, 3.8) is 0 Å². The molecule has 5 nitrogen and oxygen atoms in total. The molecular weight excluding hydrogens is 312 g/mol. The number of piperidine rings is 2. The summed E-state index contributed by atoms with van der Waals surface area (Å²) in [6.07, 6.45) is 3.41. The Bertz CT molecular complexity index is 600. The van der Waals surface area contributed by atoms with Crippen LogP contribution in [0, 0.1) is 12.3 Å². The van der Waals surface area contributed by atoms with Crippen LogP contribution < -0.4 is 0 Å². The topological polar surface area (TPSA) is 60.9 Å². The van der Waals surface area contributed by atoms with Gasteiger partial charge in [0, 0.05) is 42.9 Å². The minimum atomic E-state index is -0.00105. The van der Waals surface area contributed by atoms with Crippen LogP contribution in [-0.4, -0.2) is 59.5 Å². The fourth-order valence-corrected chi connectivity index (χ4v) is 4.68. The van der Waals surface area contributed by atoms with Gasteiger partial charge in [0.15, 0.2) is 0 Å². The van der Waals surface area contributed by atoms with Gasteiger partial charge >= 0.3 is 0 Å². The zero-order chi connectivity index (χ0) is 16.4. The van der Waals surface area contributed by atoms with E-state index in [4.69, 9.17) is 5.11 Å². The van der Waals surface area contributed by atoms with Gasteiger partial charge in [0.1, 0.15) is 0 Å². The van der Waals surface area contributed by atoms with E-state index in [-0.39, 0.29) is 23.8 Å². The van der Waals surface area contributed by atoms with Gasteiger partial charge < -0.3 is 14.9 Å². The Kier molecular flexibility index (Phi) is 4.73. The van der Waals surface area contributed by atoms with E-state index in [1.165, 1.54) is 0 Å². The molecule has 6 heteroatoms. The van der Waals surface area contributed by atoms with E-state index in [1.54, 1.807) is 16.2 Å². The minimum absolute atomic E-state index is 0.00105. The number of aliphatic hydroxyl groups excluding tert-OH is 1. The summed E-state index contributed by atoms with van der Waals surface area (Å²) in [6.45, 7) is 4.60. The van der Waals surface area contributed by atoms with Crippen molar-refractivity contribution in [2.24, 2.45) is 5.41 Å². The van der Waals surface area contributed by atoms with Crippen LogP contribution in [0.25, 0.3) is 0 Å². The molecule has 2 saturated heterocycles. The Morgan fingerprint density at radius 3 is 2.87 bits per heavy atom. The van der Waals surface area contributed by atoms with Crippen molar-refractivity contribution in [1.29, 1.82) is 0 Å². The summed E-state index contributed by atoms with van der Waals surface area (Å²) in [5.41, 5.74) is 0.00327. The van der Waals surface area contributed by atoms with Gasteiger partial charge in [0.05, 0.1) is 11.5 Å². The smallest absolute Gasteiger partial charge is 0.263 e. The Morgan fingerprint density at radius 1 is 1.35 bits per heavy atom. The molecule has 2 aliphatic rings. The van der Waals surface area contributed by atoms with E-state index in [2.05, 4.69) is 0 Å². The average molecular weight is 336 g/mol. The summed E-state index contributed by atoms with van der Waals surface area (Å²) < 4.78 is 0. The highest BCUT2D eigenvalue weighted by atomic mass is 32.1. The maximum absolute atomic E-state index is 12.7. The molecule has 2 amide bonds. The number of aliphatic hydroxyl groups is 1. The van der Waals surface area contributed by atoms with Crippen LogP contribution in [0.15, 0.2) is 12.1 Å². The normalized spacial score (nSPS) is 25.2. The van der Waals surface area contributed by atoms with Crippen LogP contribution >= 0.6 is 11.3 Å². The fraction of sp³-hybridized carbons (Fsp3) is 0.647. The number of thiophene rings is 1. The Hall–Kier alpha value is -1.40. The highest BCUT2D eigenvalue weighted by molar-refractivity contribution is 7.13. The maximum atomic E-state index is 12.7. The Morgan fingerprint density at radius 2 is 2.17 bits per heavy atom. The second-order valence-electron chi connectivity index (χ2n) is 6.78. The lowest BCUT2D eigenvalue weighted by molar-refractivity contribution is -0.139. The predicted octanol–water partition coefficient (Wildman–Crippen LogP) is 1.89. The number of likely N-dealkylation sites (tertiary alicyclic amines) is 2. The summed E-state index contributed by atoms with van der Waals surface area (Å²) in [4.78, 5) is 30.4. The molecule has 0 radical (unpaired) electrons. The van der Waals surface area contributed by atoms with Crippen molar-refractivity contribution in [1.82, 2.24) is 9.80 Å². The minimum Gasteiger partial charge on any atom is -0.395 e. The number of β-amino-alcohol motifs (C(OH)–C–C–N with tert-alkyl or cyclic N) is 1. The first-order valence-corrected chi connectivity index (χ1v) is 9.09. The summed E-state index contributed by atoms with van der Waals surface area (Å²) in [5, 5.41) is 9.16. The van der Waals surface area contributed by atoms with Crippen LogP contribution in [0.2, 0.25) is 0 Å². The molecule has 0 bridgehead atoms. The molecule has 1 N–H and O–H groups in total. The van der Waals surface area contributed by atoms with Gasteiger partial charge in [-0.3, -0.25) is 9.59 Å². The number of nitrogens with zero attached hydrogens (tertiary/aromatic N) is 2. The molecule has 0 aromatic carbocycles. The molecule has 1 spiro atoms. The summed E-state index contributed by atoms with van der Waals surface area (Å²) >= 11 is 1.54. The summed E-state index contributed by atoms with van der Waals surface area (Å²) in [5.74, 6) is 0.245. The third kappa shape index (κ3) is 3.43. The second kappa shape index (κ2) is 6.61. The third-order valence-electron chi connectivity index (χ3n) is 5.02. The Balaban J connectivity index is 1.72. The molecule has 1 aromatic rings. The van der Waals surface area contributed by atoms with Crippen molar-refractivity contribution in [3.8, 4) is 0 Å². The van der Waals surface area contributed by atoms with Crippen LogP contribution in [0.3, 0.4) is 0 Å². The molecule has 3 heterocycles. The van der Waals surface area contributed by atoms with Crippen molar-refractivity contribution in [2.45, 2.75) is 32.6 Å². The van der Waals surface area contributed by atoms with E-state index in [0.717, 1.165) is 42.1 Å². The number of aryl methyl sites for hydroxylation is 1. The van der Waals surface area contributed by atoms with Gasteiger partial charge in [-0.25, -0.2) is 0 Å². The van der Waals surface area contributed by atoms with Crippen LogP contribution in [0.1, 0.15) is 40.2 Å². The molecule has 2 fully saturated rings. The lowest BCUT2D eigenvalue weighted by Crippen LogP contribution is -2.55. The lowest BCUT2D eigenvalue weighted by Gasteiger charge is -2.48. The average Bonchev–Trinajstić information content (AvgIpc) is 2.97. The largest absolute Gasteiger partial charge is 0.395 e. The maximum Gasteiger partial charge on any atom is 0.263 e. The van der Waals surface area contributed by atoms with Gasteiger partial charge in [-0.1, -0.05) is 0 Å². The van der Waals surface area contributed by atoms with E-state index in [1.807, 2.05) is 24.0 Å². The molecule has 126 valence electrons. The molecule has 3 rings (SSSR count). The van der Waals surface area contributed by atoms with Crippen molar-refractivity contribution in [3.05, 3.63) is 21.9 Å². The molecule has 1 aromatic heterocycles. The van der Waals surface area contributed by atoms with Gasteiger partial charge in [0.25, 0.3) is 5.91 Å². The first kappa shape index (κ1) is 16.5. The number of amides is 2. The van der Waals surface area contributed by atoms with E-state index in [9.17, 15) is 9.59 Å². The quantitative estimate of drug-likeness (QED) is 0.917. The van der Waals surface area contributed by atoms with Crippen LogP contribution in [-0.2, 0) is 4.79 Å². The first-order valence-electron chi connectivity index (χ1n) is 8.27. The number of carbonyl (C=O) groups excluding carboxylic acids is 2. The molecule has 0 aliphatic carbocycles. The van der Waals surface area contributed by atoms with Crippen molar-refractivity contribution < 1.29 is 14.7 Å². The van der Waals surface area contributed by atoms with E-state index in [0.29, 0.717) is 19.5 Å². The predicted molar refractivity (Wildman–Crippen MR) is 89.5 cm³/mol. The van der Waals surface area contributed by atoms with Crippen LogP contribution in [0.5, 0.6) is 0 Å². The molecule has 1 atom stereocenters. The third-order valence-corrected chi connectivity index (χ3v) is 6.01. The number of hydrogen-bond acceptors (Lipinski definition) is 4. The van der Waals surface area contributed by atoms with Gasteiger partial charge in [0.2, 0.25) is 5.91 Å². The van der Waals surface area contributed by atoms with Gasteiger partial charge in [-0.05, 0) is 38.3 Å². The van der Waals surface area contributed by atoms with Crippen LogP contribution in [0.4, 0.5) is 0 Å². The molecule has 0 saturated carbocycles. The van der Waals surface area contributed by atoms with Gasteiger partial charge in [-0.2, -0.15) is 0 Å². The standard InChI is InChI=1S/C17H24N2O3S/c1-13-3-4-14(23-13)16(22)19-8-2-6-17(12-19)7-5-15(21)18(11-17)9-10-20/h3-4,20H,2,5-12H2,1H3/t17-/m1/s1. The highest BCUT2D eigenvalue weighted by Gasteiger charge is 2.42. The van der Waals surface area contributed by atoms with E-state index < -0.39 is 0 Å². The van der Waals surface area contributed by atoms with E-state index >= 15 is 0 Å². The molecule has 2 aliphatic heterocycles. The Labute approximate surface area is 140 Å². The van der Waals surface area contributed by atoms with Gasteiger partial charge in [-0.15, -0.1) is 11.3 Å². The van der Waals surface area contributed by atoms with Crippen molar-refractivity contribution in [2.75, 3.05) is 32.8 Å². The SMILES string of the molecule is Cc1ccc(C(=O)N2CCC[C@]3(CCC(=O)N(CCO)C3)C2)s1. The molecule has 23 heavy (non-hydrogen) atoms. The molecule has 0 unspecified atom stereocenters. The molecular formula is C17H24N2O3S. The first-order chi connectivity index (χ1) is 11.0. The highest BCUT2D eigenvalue weighted by Crippen LogP contribution is 2.39. The fourth-order valence-electron chi connectivity index (χ4n) is 3.85. The monoisotopic (exact) mass is 336 g/mol. The number of hydrogen-bond donors (Lipinski definition) is 1. The number of carbonyl (C=O) groups is 2. The lowest BCUT2D eigenvalue weighted by atomic mass is 9.73. The summed E-state index contributed by atoms with van der Waals surface area (Å²) in [7, 11) is 0. The van der Waals surface area contributed by atoms with Crippen molar-refractivity contribution >= 4 is 23.2 Å². The summed E-state index contributed by atoms with van der Waals surface area (Å²) in [6, 6.07) is 3.89. The zero-order valence-electron chi connectivity index (χ0n) is 13.6. The zero-order valence-corrected chi connectivity index (χ0v) is 14.4. The number of rotatable bonds is 3. The second-order valence-corrected chi connectivity index (χ2v) is 8.07.